The van der Waals surface area contributed by atoms with E-state index in [4.69, 9.17) is 0 Å². The Bertz CT molecular complexity index is 773. The molecule has 0 aromatic heterocycles. The molecule has 0 N–H and O–H groups in total. The molecule has 2 unspecified atom stereocenters. The maximum Gasteiger partial charge on any atom is 0.175 e. The predicted octanol–water partition coefficient (Wildman–Crippen LogP) is 4.97. The summed E-state index contributed by atoms with van der Waals surface area (Å²) in [6.07, 6.45) is 6.29. The van der Waals surface area contributed by atoms with E-state index >= 15 is 0 Å². The van der Waals surface area contributed by atoms with Crippen LogP contribution in [0.4, 0.5) is 0 Å². The highest BCUT2D eigenvalue weighted by Gasteiger charge is 2.46. The minimum Gasteiger partial charge on any atom is -0.293 e. The first-order valence-electron chi connectivity index (χ1n) is 8.01. The molecule has 0 radical (unpaired) electrons. The third-order valence-corrected chi connectivity index (χ3v) is 6.57. The van der Waals surface area contributed by atoms with E-state index < -0.39 is 13.5 Å². The van der Waals surface area contributed by atoms with Gasteiger partial charge in [0.1, 0.15) is 8.07 Å². The van der Waals surface area contributed by atoms with E-state index in [1.807, 2.05) is 24.3 Å². The van der Waals surface area contributed by atoms with Crippen LogP contribution in [0.5, 0.6) is 0 Å². The SMILES string of the molecule is CC12C(=O)c3ccccc3SCC1C=CC=C2C#C[Si](C)(C)C. The lowest BCUT2D eigenvalue weighted by molar-refractivity contribution is 0.0822. The van der Waals surface area contributed by atoms with Crippen molar-refractivity contribution in [2.75, 3.05) is 5.75 Å². The molecule has 118 valence electrons. The number of allylic oxidation sites excluding steroid dienone is 4. The molecule has 0 spiro atoms. The highest BCUT2D eigenvalue weighted by atomic mass is 32.2. The van der Waals surface area contributed by atoms with E-state index in [1.165, 1.54) is 0 Å². The second-order valence-corrected chi connectivity index (χ2v) is 13.2. The van der Waals surface area contributed by atoms with Gasteiger partial charge in [0, 0.05) is 27.7 Å². The van der Waals surface area contributed by atoms with Crippen molar-refractivity contribution in [1.29, 1.82) is 0 Å². The van der Waals surface area contributed by atoms with Crippen LogP contribution in [0.25, 0.3) is 0 Å². The van der Waals surface area contributed by atoms with Crippen LogP contribution in [0.2, 0.25) is 19.6 Å². The molecule has 1 nitrogen and oxygen atoms in total. The van der Waals surface area contributed by atoms with Gasteiger partial charge in [0.15, 0.2) is 5.78 Å². The van der Waals surface area contributed by atoms with Crippen molar-refractivity contribution in [2.24, 2.45) is 11.3 Å². The summed E-state index contributed by atoms with van der Waals surface area (Å²) in [5, 5.41) is 0. The van der Waals surface area contributed by atoms with E-state index in [1.54, 1.807) is 11.8 Å². The molecule has 1 aromatic carbocycles. The number of ketones is 1. The number of hydrogen-bond donors (Lipinski definition) is 0. The molecule has 2 aliphatic rings. The zero-order chi connectivity index (χ0) is 16.7. The van der Waals surface area contributed by atoms with Crippen LogP contribution >= 0.6 is 11.8 Å². The summed E-state index contributed by atoms with van der Waals surface area (Å²) in [5.41, 5.74) is 4.73. The molecule has 2 atom stereocenters. The second-order valence-electron chi connectivity index (χ2n) is 7.41. The lowest BCUT2D eigenvalue weighted by Crippen LogP contribution is -2.38. The third-order valence-electron chi connectivity index (χ3n) is 4.50. The number of rotatable bonds is 0. The van der Waals surface area contributed by atoms with Crippen LogP contribution < -0.4 is 0 Å². The first-order valence-corrected chi connectivity index (χ1v) is 12.5. The van der Waals surface area contributed by atoms with Crippen LogP contribution in [-0.2, 0) is 0 Å². The zero-order valence-corrected chi connectivity index (χ0v) is 16.0. The Labute approximate surface area is 144 Å². The molecule has 0 bridgehead atoms. The summed E-state index contributed by atoms with van der Waals surface area (Å²) < 4.78 is 0. The fourth-order valence-electron chi connectivity index (χ4n) is 3.03. The zero-order valence-electron chi connectivity index (χ0n) is 14.1. The number of benzene rings is 1. The number of fused-ring (bicyclic) bond motifs is 2. The van der Waals surface area contributed by atoms with Gasteiger partial charge >= 0.3 is 0 Å². The van der Waals surface area contributed by atoms with Crippen LogP contribution in [0, 0.1) is 22.8 Å². The van der Waals surface area contributed by atoms with Crippen LogP contribution in [0.15, 0.2) is 53.0 Å². The smallest absolute Gasteiger partial charge is 0.175 e. The molecular formula is C20H22OSSi. The molecule has 0 saturated carbocycles. The molecule has 1 heterocycles. The average Bonchev–Trinajstić information content (AvgIpc) is 2.61. The van der Waals surface area contributed by atoms with Gasteiger partial charge in [0.05, 0.1) is 5.41 Å². The van der Waals surface area contributed by atoms with E-state index in [2.05, 4.69) is 56.2 Å². The van der Waals surface area contributed by atoms with E-state index in [0.717, 1.165) is 21.8 Å². The standard InChI is InChI=1S/C20H22OSSi/c1-20-15(12-13-23(2,3)4)8-7-9-16(20)14-22-18-11-6-5-10-17(18)19(20)21/h5-11,16H,14H2,1-4H3. The molecule has 0 fully saturated rings. The fourth-order valence-corrected chi connectivity index (χ4v) is 4.83. The summed E-state index contributed by atoms with van der Waals surface area (Å²) in [6, 6.07) is 7.98. The Kier molecular flexibility index (Phi) is 4.16. The van der Waals surface area contributed by atoms with Gasteiger partial charge in [0.2, 0.25) is 0 Å². The first-order chi connectivity index (χ1) is 10.8. The molecule has 3 heteroatoms. The molecule has 1 aliphatic carbocycles. The van der Waals surface area contributed by atoms with Gasteiger partial charge in [-0.3, -0.25) is 4.79 Å². The summed E-state index contributed by atoms with van der Waals surface area (Å²) >= 11 is 1.78. The molecule has 0 amide bonds. The van der Waals surface area contributed by atoms with Gasteiger partial charge in [0.25, 0.3) is 0 Å². The lowest BCUT2D eigenvalue weighted by Gasteiger charge is -2.35. The summed E-state index contributed by atoms with van der Waals surface area (Å²) in [6.45, 7) is 8.79. The Hall–Kier alpha value is -1.50. The molecule has 3 rings (SSSR count). The van der Waals surface area contributed by atoms with Crippen molar-refractivity contribution in [3.63, 3.8) is 0 Å². The van der Waals surface area contributed by atoms with Gasteiger partial charge in [-0.2, -0.15) is 0 Å². The number of Topliss-reactive ketones (excluding diaryl/α,β-unsaturated/α-hetero) is 1. The van der Waals surface area contributed by atoms with E-state index in [0.29, 0.717) is 0 Å². The average molecular weight is 339 g/mol. The number of carbonyl (C=O) groups is 1. The van der Waals surface area contributed by atoms with E-state index in [9.17, 15) is 4.79 Å². The normalized spacial score (nSPS) is 26.3. The Balaban J connectivity index is 2.12. The Morgan fingerprint density at radius 1 is 1.26 bits per heavy atom. The minimum atomic E-state index is -1.48. The van der Waals surface area contributed by atoms with Crippen LogP contribution in [-0.4, -0.2) is 19.6 Å². The summed E-state index contributed by atoms with van der Waals surface area (Å²) in [7, 11) is -1.48. The van der Waals surface area contributed by atoms with Crippen molar-refractivity contribution in [3.05, 3.63) is 53.6 Å². The predicted molar refractivity (Wildman–Crippen MR) is 101 cm³/mol. The third kappa shape index (κ3) is 2.98. The van der Waals surface area contributed by atoms with Crippen LogP contribution in [0.3, 0.4) is 0 Å². The maximum absolute atomic E-state index is 13.4. The van der Waals surface area contributed by atoms with E-state index in [-0.39, 0.29) is 11.7 Å². The Morgan fingerprint density at radius 3 is 2.74 bits per heavy atom. The fraction of sp³-hybridized carbons (Fsp3) is 0.350. The molecule has 1 aromatic rings. The molecular weight excluding hydrogens is 316 g/mol. The number of thioether (sulfide) groups is 1. The molecule has 23 heavy (non-hydrogen) atoms. The van der Waals surface area contributed by atoms with Crippen molar-refractivity contribution in [3.8, 4) is 11.5 Å². The van der Waals surface area contributed by atoms with Gasteiger partial charge < -0.3 is 0 Å². The van der Waals surface area contributed by atoms with Gasteiger partial charge in [-0.05, 0) is 19.1 Å². The van der Waals surface area contributed by atoms with Crippen molar-refractivity contribution < 1.29 is 4.79 Å². The number of hydrogen-bond acceptors (Lipinski definition) is 2. The van der Waals surface area contributed by atoms with Crippen LogP contribution in [0.1, 0.15) is 17.3 Å². The quantitative estimate of drug-likeness (QED) is 0.490. The topological polar surface area (TPSA) is 17.1 Å². The van der Waals surface area contributed by atoms with Gasteiger partial charge in [-0.25, -0.2) is 0 Å². The van der Waals surface area contributed by atoms with Crippen molar-refractivity contribution >= 4 is 25.6 Å². The highest BCUT2D eigenvalue weighted by Crippen LogP contribution is 2.48. The minimum absolute atomic E-state index is 0.198. The van der Waals surface area contributed by atoms with Crippen molar-refractivity contribution in [2.45, 2.75) is 31.5 Å². The monoisotopic (exact) mass is 338 g/mol. The lowest BCUT2D eigenvalue weighted by atomic mass is 9.65. The molecule has 0 saturated heterocycles. The van der Waals surface area contributed by atoms with Crippen molar-refractivity contribution in [1.82, 2.24) is 0 Å². The summed E-state index contributed by atoms with van der Waals surface area (Å²) in [5.74, 6) is 4.71. The Morgan fingerprint density at radius 2 is 2.00 bits per heavy atom. The summed E-state index contributed by atoms with van der Waals surface area (Å²) in [4.78, 5) is 14.5. The number of carbonyl (C=O) groups excluding carboxylic acids is 1. The maximum atomic E-state index is 13.4. The van der Waals surface area contributed by atoms with Gasteiger partial charge in [-0.1, -0.05) is 55.9 Å². The highest BCUT2D eigenvalue weighted by molar-refractivity contribution is 7.99. The first kappa shape index (κ1) is 16.4. The largest absolute Gasteiger partial charge is 0.293 e. The van der Waals surface area contributed by atoms with Gasteiger partial charge in [-0.15, -0.1) is 17.3 Å². The molecule has 1 aliphatic heterocycles. The second kappa shape index (κ2) is 5.85.